The summed E-state index contributed by atoms with van der Waals surface area (Å²) in [7, 11) is 0. The van der Waals surface area contributed by atoms with Crippen molar-refractivity contribution in [2.24, 2.45) is 0 Å². The Morgan fingerprint density at radius 3 is 3.00 bits per heavy atom. The third-order valence-corrected chi connectivity index (χ3v) is 5.71. The van der Waals surface area contributed by atoms with E-state index in [0.717, 1.165) is 28.7 Å². The lowest BCUT2D eigenvalue weighted by molar-refractivity contribution is -0.123. The second kappa shape index (κ2) is 7.48. The highest BCUT2D eigenvalue weighted by atomic mass is 32.2. The standard InChI is InChI=1S/C21H19NO4S/c1-13-10-21(24)26-18-11-14(6-7-15(13)18)25-12-20(23)22-17-8-9-27-19-5-3-2-4-16(17)19/h2-7,10-11,17H,8-9,12H2,1H3,(H,22,23). The summed E-state index contributed by atoms with van der Waals surface area (Å²) >= 11 is 1.81. The van der Waals surface area contributed by atoms with Crippen LogP contribution in [-0.2, 0) is 4.79 Å². The van der Waals surface area contributed by atoms with Crippen LogP contribution in [0.2, 0.25) is 0 Å². The molecular weight excluding hydrogens is 362 g/mol. The lowest BCUT2D eigenvalue weighted by Crippen LogP contribution is -2.34. The van der Waals surface area contributed by atoms with E-state index in [2.05, 4.69) is 17.4 Å². The van der Waals surface area contributed by atoms with Gasteiger partial charge >= 0.3 is 5.63 Å². The summed E-state index contributed by atoms with van der Waals surface area (Å²) in [5.74, 6) is 1.30. The first-order valence-corrected chi connectivity index (χ1v) is 9.77. The Hall–Kier alpha value is -2.73. The monoisotopic (exact) mass is 381 g/mol. The molecule has 27 heavy (non-hydrogen) atoms. The summed E-state index contributed by atoms with van der Waals surface area (Å²) in [4.78, 5) is 25.1. The Morgan fingerprint density at radius 2 is 2.11 bits per heavy atom. The van der Waals surface area contributed by atoms with Crippen molar-refractivity contribution in [3.05, 3.63) is 70.1 Å². The Kier molecular flexibility index (Phi) is 4.90. The van der Waals surface area contributed by atoms with Crippen LogP contribution in [0.5, 0.6) is 5.75 Å². The van der Waals surface area contributed by atoms with E-state index in [4.69, 9.17) is 9.15 Å². The maximum atomic E-state index is 12.3. The summed E-state index contributed by atoms with van der Waals surface area (Å²) in [6.07, 6.45) is 0.897. The fourth-order valence-corrected chi connectivity index (χ4v) is 4.40. The molecule has 0 spiro atoms. The van der Waals surface area contributed by atoms with Crippen molar-refractivity contribution in [2.75, 3.05) is 12.4 Å². The fraction of sp³-hybridized carbons (Fsp3) is 0.238. The minimum Gasteiger partial charge on any atom is -0.484 e. The minimum absolute atomic E-state index is 0.0100. The lowest BCUT2D eigenvalue weighted by Gasteiger charge is -2.25. The zero-order valence-corrected chi connectivity index (χ0v) is 15.7. The summed E-state index contributed by atoms with van der Waals surface area (Å²) in [5, 5.41) is 3.90. The van der Waals surface area contributed by atoms with Gasteiger partial charge in [-0.2, -0.15) is 0 Å². The second-order valence-electron chi connectivity index (χ2n) is 6.49. The second-order valence-corrected chi connectivity index (χ2v) is 7.63. The van der Waals surface area contributed by atoms with E-state index in [-0.39, 0.29) is 18.6 Å². The van der Waals surface area contributed by atoms with Crippen molar-refractivity contribution < 1.29 is 13.9 Å². The largest absolute Gasteiger partial charge is 0.484 e. The van der Waals surface area contributed by atoms with Gasteiger partial charge in [0.1, 0.15) is 11.3 Å². The normalized spacial score (nSPS) is 16.0. The van der Waals surface area contributed by atoms with Gasteiger partial charge in [-0.05, 0) is 42.7 Å². The first-order valence-electron chi connectivity index (χ1n) is 8.78. The van der Waals surface area contributed by atoms with Crippen molar-refractivity contribution in [1.82, 2.24) is 5.32 Å². The molecule has 0 bridgehead atoms. The van der Waals surface area contributed by atoms with Crippen LogP contribution in [0.3, 0.4) is 0 Å². The van der Waals surface area contributed by atoms with Crippen LogP contribution < -0.4 is 15.7 Å². The number of thioether (sulfide) groups is 1. The predicted molar refractivity (Wildman–Crippen MR) is 105 cm³/mol. The van der Waals surface area contributed by atoms with Gasteiger partial charge < -0.3 is 14.5 Å². The van der Waals surface area contributed by atoms with Gasteiger partial charge in [-0.25, -0.2) is 4.79 Å². The highest BCUT2D eigenvalue weighted by Crippen LogP contribution is 2.35. The van der Waals surface area contributed by atoms with E-state index in [0.29, 0.717) is 11.3 Å². The van der Waals surface area contributed by atoms with Gasteiger partial charge in [0.15, 0.2) is 6.61 Å². The summed E-state index contributed by atoms with van der Waals surface area (Å²) in [6.45, 7) is 1.76. The average molecular weight is 381 g/mol. The third kappa shape index (κ3) is 3.85. The minimum atomic E-state index is -0.399. The number of aryl methyl sites for hydroxylation is 1. The van der Waals surface area contributed by atoms with Crippen LogP contribution in [0, 0.1) is 6.92 Å². The van der Waals surface area contributed by atoms with Crippen molar-refractivity contribution in [2.45, 2.75) is 24.3 Å². The van der Waals surface area contributed by atoms with Gasteiger partial charge in [-0.1, -0.05) is 18.2 Å². The maximum absolute atomic E-state index is 12.3. The van der Waals surface area contributed by atoms with Gasteiger partial charge in [-0.15, -0.1) is 11.8 Å². The van der Waals surface area contributed by atoms with Crippen molar-refractivity contribution in [1.29, 1.82) is 0 Å². The van der Waals surface area contributed by atoms with Crippen LogP contribution in [-0.4, -0.2) is 18.3 Å². The number of carbonyl (C=O) groups is 1. The number of benzene rings is 2. The first kappa shape index (κ1) is 17.7. The lowest BCUT2D eigenvalue weighted by atomic mass is 10.0. The molecule has 2 heterocycles. The van der Waals surface area contributed by atoms with Crippen LogP contribution >= 0.6 is 11.8 Å². The molecule has 1 N–H and O–H groups in total. The number of ether oxygens (including phenoxy) is 1. The van der Waals surface area contributed by atoms with Crippen LogP contribution in [0.1, 0.15) is 23.6 Å². The van der Waals surface area contributed by atoms with E-state index in [1.165, 1.54) is 11.0 Å². The number of rotatable bonds is 4. The highest BCUT2D eigenvalue weighted by molar-refractivity contribution is 7.99. The van der Waals surface area contributed by atoms with Gasteiger partial charge in [0.2, 0.25) is 0 Å². The first-order chi connectivity index (χ1) is 13.1. The van der Waals surface area contributed by atoms with E-state index >= 15 is 0 Å². The van der Waals surface area contributed by atoms with Crippen LogP contribution in [0.25, 0.3) is 11.0 Å². The molecule has 0 radical (unpaired) electrons. The molecule has 4 rings (SSSR count). The predicted octanol–water partition coefficient (Wildman–Crippen LogP) is 3.83. The number of hydrogen-bond donors (Lipinski definition) is 1. The topological polar surface area (TPSA) is 68.5 Å². The third-order valence-electron chi connectivity index (χ3n) is 4.59. The molecule has 0 fully saturated rings. The van der Waals surface area contributed by atoms with Crippen LogP contribution in [0.4, 0.5) is 0 Å². The average Bonchev–Trinajstić information content (AvgIpc) is 2.66. The van der Waals surface area contributed by atoms with Gasteiger partial charge in [0, 0.05) is 28.2 Å². The van der Waals surface area contributed by atoms with E-state index in [1.54, 1.807) is 12.1 Å². The SMILES string of the molecule is Cc1cc(=O)oc2cc(OCC(=O)NC3CCSc4ccccc43)ccc12. The smallest absolute Gasteiger partial charge is 0.336 e. The van der Waals surface area contributed by atoms with E-state index < -0.39 is 5.63 Å². The molecule has 5 nitrogen and oxygen atoms in total. The summed E-state index contributed by atoms with van der Waals surface area (Å²) < 4.78 is 10.8. The van der Waals surface area contributed by atoms with E-state index in [9.17, 15) is 9.59 Å². The molecule has 1 amide bonds. The number of carbonyl (C=O) groups excluding carboxylic acids is 1. The van der Waals surface area contributed by atoms with Crippen molar-refractivity contribution >= 4 is 28.6 Å². The molecule has 1 atom stereocenters. The highest BCUT2D eigenvalue weighted by Gasteiger charge is 2.22. The molecule has 0 aliphatic carbocycles. The molecule has 1 aromatic heterocycles. The van der Waals surface area contributed by atoms with Gasteiger partial charge in [0.05, 0.1) is 6.04 Å². The molecule has 0 saturated carbocycles. The number of amides is 1. The van der Waals surface area contributed by atoms with Gasteiger partial charge in [-0.3, -0.25) is 4.79 Å². The Labute approximate surface area is 160 Å². The fourth-order valence-electron chi connectivity index (χ4n) is 3.27. The van der Waals surface area contributed by atoms with Crippen molar-refractivity contribution in [3.8, 4) is 5.75 Å². The Bertz CT molecular complexity index is 1060. The Balaban J connectivity index is 1.43. The molecule has 138 valence electrons. The molecule has 0 saturated heterocycles. The number of hydrogen-bond acceptors (Lipinski definition) is 5. The zero-order valence-electron chi connectivity index (χ0n) is 14.9. The molecule has 1 unspecified atom stereocenters. The van der Waals surface area contributed by atoms with Crippen molar-refractivity contribution in [3.63, 3.8) is 0 Å². The summed E-state index contributed by atoms with van der Waals surface area (Å²) in [5.41, 5.74) is 2.06. The molecule has 3 aromatic rings. The quantitative estimate of drug-likeness (QED) is 0.696. The molecule has 1 aliphatic rings. The number of nitrogens with one attached hydrogen (secondary N) is 1. The van der Waals surface area contributed by atoms with Crippen LogP contribution in [0.15, 0.2) is 62.6 Å². The van der Waals surface area contributed by atoms with Gasteiger partial charge in [0.25, 0.3) is 5.91 Å². The molecule has 6 heteroatoms. The Morgan fingerprint density at radius 1 is 1.26 bits per heavy atom. The zero-order chi connectivity index (χ0) is 18.8. The maximum Gasteiger partial charge on any atom is 0.336 e. The van der Waals surface area contributed by atoms with E-state index in [1.807, 2.05) is 36.9 Å². The number of fused-ring (bicyclic) bond motifs is 2. The summed E-state index contributed by atoms with van der Waals surface area (Å²) in [6, 6.07) is 14.9. The molecular formula is C21H19NO4S. The molecule has 1 aliphatic heterocycles. The molecule has 2 aromatic carbocycles.